The molecule has 16 heavy (non-hydrogen) atoms. The van der Waals surface area contributed by atoms with E-state index >= 15 is 0 Å². The average molecular weight is 237 g/mol. The molecule has 0 aromatic heterocycles. The Kier molecular flexibility index (Phi) is 3.72. The number of hydrogen-bond donors (Lipinski definition) is 1. The van der Waals surface area contributed by atoms with Crippen LogP contribution in [0.25, 0.3) is 0 Å². The standard InChI is InChI=1S/C12H15NO2S/c14-12(13-11-8-16(15)9-11)7-6-10-4-2-1-3-5-10/h1-5,11H,6-9H2,(H,13,14). The average Bonchev–Trinajstić information content (AvgIpc) is 2.26. The van der Waals surface area contributed by atoms with Crippen molar-refractivity contribution < 1.29 is 9.00 Å². The first-order valence-corrected chi connectivity index (χ1v) is 6.91. The van der Waals surface area contributed by atoms with Gasteiger partial charge in [-0.1, -0.05) is 30.3 Å². The van der Waals surface area contributed by atoms with Gasteiger partial charge in [0.25, 0.3) is 0 Å². The van der Waals surface area contributed by atoms with Gasteiger partial charge in [0.05, 0.1) is 6.04 Å². The monoisotopic (exact) mass is 237 g/mol. The van der Waals surface area contributed by atoms with Crippen molar-refractivity contribution in [3.05, 3.63) is 35.9 Å². The summed E-state index contributed by atoms with van der Waals surface area (Å²) in [4.78, 5) is 11.5. The molecule has 1 aliphatic rings. The molecular formula is C12H15NO2S. The van der Waals surface area contributed by atoms with Crippen molar-refractivity contribution in [3.63, 3.8) is 0 Å². The molecule has 4 heteroatoms. The number of benzene rings is 1. The predicted molar refractivity (Wildman–Crippen MR) is 64.6 cm³/mol. The molecule has 0 saturated carbocycles. The van der Waals surface area contributed by atoms with Crippen LogP contribution in [0, 0.1) is 0 Å². The molecule has 1 aromatic rings. The summed E-state index contributed by atoms with van der Waals surface area (Å²) >= 11 is 0. The van der Waals surface area contributed by atoms with Crippen LogP contribution in [0.1, 0.15) is 12.0 Å². The van der Waals surface area contributed by atoms with Crippen molar-refractivity contribution in [1.82, 2.24) is 5.32 Å². The van der Waals surface area contributed by atoms with E-state index in [1.54, 1.807) is 0 Å². The molecular weight excluding hydrogens is 222 g/mol. The number of nitrogens with one attached hydrogen (secondary N) is 1. The minimum absolute atomic E-state index is 0.0607. The van der Waals surface area contributed by atoms with Crippen molar-refractivity contribution in [2.45, 2.75) is 18.9 Å². The Hall–Kier alpha value is -1.16. The van der Waals surface area contributed by atoms with Gasteiger partial charge in [-0.3, -0.25) is 9.00 Å². The lowest BCUT2D eigenvalue weighted by molar-refractivity contribution is -0.121. The molecule has 0 bridgehead atoms. The third-order valence-corrected chi connectivity index (χ3v) is 4.17. The quantitative estimate of drug-likeness (QED) is 0.844. The highest BCUT2D eigenvalue weighted by Crippen LogP contribution is 2.06. The molecule has 0 unspecified atom stereocenters. The molecule has 1 heterocycles. The number of rotatable bonds is 4. The smallest absolute Gasteiger partial charge is 0.220 e. The van der Waals surface area contributed by atoms with Crippen molar-refractivity contribution >= 4 is 16.7 Å². The molecule has 1 fully saturated rings. The fraction of sp³-hybridized carbons (Fsp3) is 0.417. The van der Waals surface area contributed by atoms with Crippen molar-refractivity contribution in [1.29, 1.82) is 0 Å². The first kappa shape index (κ1) is 11.3. The largest absolute Gasteiger partial charge is 0.352 e. The molecule has 0 aliphatic carbocycles. The normalized spacial score (nSPS) is 23.5. The van der Waals surface area contributed by atoms with Gasteiger partial charge >= 0.3 is 0 Å². The second kappa shape index (κ2) is 5.25. The summed E-state index contributed by atoms with van der Waals surface area (Å²) in [5, 5.41) is 2.89. The maximum atomic E-state index is 11.5. The Morgan fingerprint density at radius 1 is 1.31 bits per heavy atom. The first-order chi connectivity index (χ1) is 7.74. The Bertz CT molecular complexity index is 383. The summed E-state index contributed by atoms with van der Waals surface area (Å²) in [6.45, 7) is 0. The molecule has 1 saturated heterocycles. The van der Waals surface area contributed by atoms with Gasteiger partial charge in [-0.25, -0.2) is 0 Å². The van der Waals surface area contributed by atoms with Crippen LogP contribution in [0.3, 0.4) is 0 Å². The summed E-state index contributed by atoms with van der Waals surface area (Å²) in [5.74, 6) is 1.30. The Morgan fingerprint density at radius 2 is 2.00 bits per heavy atom. The maximum Gasteiger partial charge on any atom is 0.220 e. The van der Waals surface area contributed by atoms with E-state index in [9.17, 15) is 9.00 Å². The van der Waals surface area contributed by atoms with Gasteiger partial charge in [-0.15, -0.1) is 0 Å². The molecule has 86 valence electrons. The van der Waals surface area contributed by atoms with Crippen molar-refractivity contribution in [2.24, 2.45) is 0 Å². The van der Waals surface area contributed by atoms with Crippen LogP contribution >= 0.6 is 0 Å². The zero-order chi connectivity index (χ0) is 11.4. The molecule has 1 amide bonds. The van der Waals surface area contributed by atoms with E-state index in [4.69, 9.17) is 0 Å². The van der Waals surface area contributed by atoms with Crippen LogP contribution in [0.4, 0.5) is 0 Å². The van der Waals surface area contributed by atoms with Gasteiger partial charge in [-0.05, 0) is 12.0 Å². The van der Waals surface area contributed by atoms with Crippen LogP contribution in [0.2, 0.25) is 0 Å². The summed E-state index contributed by atoms with van der Waals surface area (Å²) in [5.41, 5.74) is 1.18. The van der Waals surface area contributed by atoms with Gasteiger partial charge < -0.3 is 5.32 Å². The van der Waals surface area contributed by atoms with Crippen LogP contribution in [-0.4, -0.2) is 27.7 Å². The third kappa shape index (κ3) is 3.17. The molecule has 1 aliphatic heterocycles. The zero-order valence-electron chi connectivity index (χ0n) is 9.02. The van der Waals surface area contributed by atoms with E-state index in [1.807, 2.05) is 30.3 Å². The zero-order valence-corrected chi connectivity index (χ0v) is 9.83. The van der Waals surface area contributed by atoms with Crippen LogP contribution < -0.4 is 5.32 Å². The molecule has 0 spiro atoms. The van der Waals surface area contributed by atoms with Gasteiger partial charge in [0.15, 0.2) is 0 Å². The fourth-order valence-corrected chi connectivity index (χ4v) is 2.65. The number of carbonyl (C=O) groups excluding carboxylic acids is 1. The third-order valence-electron chi connectivity index (χ3n) is 2.62. The maximum absolute atomic E-state index is 11.5. The summed E-state index contributed by atoms with van der Waals surface area (Å²) in [6, 6.07) is 10.1. The van der Waals surface area contributed by atoms with Gasteiger partial charge in [0.2, 0.25) is 5.91 Å². The SMILES string of the molecule is O=C(CCc1ccccc1)NC1CS(=O)C1. The number of aryl methyl sites for hydroxylation is 1. The van der Waals surface area contributed by atoms with E-state index in [2.05, 4.69) is 5.32 Å². The number of amides is 1. The summed E-state index contributed by atoms with van der Waals surface area (Å²) in [6.07, 6.45) is 1.27. The van der Waals surface area contributed by atoms with Crippen molar-refractivity contribution in [2.75, 3.05) is 11.5 Å². The van der Waals surface area contributed by atoms with Crippen molar-refractivity contribution in [3.8, 4) is 0 Å². The van der Waals surface area contributed by atoms with Gasteiger partial charge in [0, 0.05) is 28.7 Å². The van der Waals surface area contributed by atoms with Crippen LogP contribution in [0.5, 0.6) is 0 Å². The molecule has 1 aromatic carbocycles. The summed E-state index contributed by atoms with van der Waals surface area (Å²) in [7, 11) is -0.693. The minimum Gasteiger partial charge on any atom is -0.352 e. The van der Waals surface area contributed by atoms with Crippen LogP contribution in [0.15, 0.2) is 30.3 Å². The molecule has 1 N–H and O–H groups in total. The number of hydrogen-bond acceptors (Lipinski definition) is 2. The lowest BCUT2D eigenvalue weighted by Gasteiger charge is -2.25. The van der Waals surface area contributed by atoms with E-state index in [0.717, 1.165) is 6.42 Å². The topological polar surface area (TPSA) is 46.2 Å². The second-order valence-electron chi connectivity index (χ2n) is 4.02. The minimum atomic E-state index is -0.693. The second-order valence-corrected chi connectivity index (χ2v) is 5.57. The lowest BCUT2D eigenvalue weighted by atomic mass is 10.1. The van der Waals surface area contributed by atoms with E-state index < -0.39 is 10.8 Å². The molecule has 3 nitrogen and oxygen atoms in total. The fourth-order valence-electron chi connectivity index (χ4n) is 1.69. The van der Waals surface area contributed by atoms with E-state index in [1.165, 1.54) is 5.56 Å². The lowest BCUT2D eigenvalue weighted by Crippen LogP contribution is -2.50. The van der Waals surface area contributed by atoms with Gasteiger partial charge in [-0.2, -0.15) is 0 Å². The van der Waals surface area contributed by atoms with Crippen LogP contribution in [-0.2, 0) is 22.0 Å². The highest BCUT2D eigenvalue weighted by atomic mass is 32.2. The van der Waals surface area contributed by atoms with E-state index in [0.29, 0.717) is 17.9 Å². The molecule has 2 rings (SSSR count). The highest BCUT2D eigenvalue weighted by Gasteiger charge is 2.26. The molecule has 0 radical (unpaired) electrons. The molecule has 0 atom stereocenters. The van der Waals surface area contributed by atoms with Gasteiger partial charge in [0.1, 0.15) is 0 Å². The Morgan fingerprint density at radius 3 is 2.62 bits per heavy atom. The highest BCUT2D eigenvalue weighted by molar-refractivity contribution is 7.86. The summed E-state index contributed by atoms with van der Waals surface area (Å²) < 4.78 is 10.8. The van der Waals surface area contributed by atoms with E-state index in [-0.39, 0.29) is 11.9 Å². The predicted octanol–water partition coefficient (Wildman–Crippen LogP) is 0.866. The number of carbonyl (C=O) groups is 1. The Labute approximate surface area is 97.7 Å². The first-order valence-electron chi connectivity index (χ1n) is 5.42. The Balaban J connectivity index is 1.70.